The minimum Gasteiger partial charge on any atom is -0.436 e. The van der Waals surface area contributed by atoms with Crippen LogP contribution in [0.5, 0.6) is 11.6 Å². The lowest BCUT2D eigenvalue weighted by Gasteiger charge is -2.40. The first kappa shape index (κ1) is 24.4. The number of nitrogens with one attached hydrogen (secondary N) is 1. The molecule has 5 heterocycles. The average Bonchev–Trinajstić information content (AvgIpc) is 3.56. The molecule has 2 atom stereocenters. The number of primary amides is 1. The first-order valence-electron chi connectivity index (χ1n) is 12.2. The van der Waals surface area contributed by atoms with E-state index in [1.54, 1.807) is 41.4 Å². The third-order valence-electron chi connectivity index (χ3n) is 6.69. The van der Waals surface area contributed by atoms with Crippen LogP contribution in [0, 0.1) is 0 Å². The lowest BCUT2D eigenvalue weighted by atomic mass is 10.0. The van der Waals surface area contributed by atoms with Crippen molar-refractivity contribution < 1.29 is 19.1 Å². The van der Waals surface area contributed by atoms with E-state index in [2.05, 4.69) is 32.1 Å². The number of hydrogen-bond donors (Lipinski definition) is 2. The molecule has 4 aromatic rings. The van der Waals surface area contributed by atoms with Crippen molar-refractivity contribution in [3.8, 4) is 11.6 Å². The highest BCUT2D eigenvalue weighted by Crippen LogP contribution is 2.50. The van der Waals surface area contributed by atoms with Crippen molar-refractivity contribution in [3.63, 3.8) is 0 Å². The smallest absolute Gasteiger partial charge is 0.335 e. The molecule has 0 bridgehead atoms. The van der Waals surface area contributed by atoms with Crippen LogP contribution < -0.4 is 25.6 Å². The summed E-state index contributed by atoms with van der Waals surface area (Å²) in [4.78, 5) is 51.8. The molecule has 39 heavy (non-hydrogen) atoms. The fourth-order valence-electron chi connectivity index (χ4n) is 5.10. The molecule has 0 spiro atoms. The SMILES string of the molecule is C=CC(=O)N[C@H]1CCC[C@H]1N1C(=O)N(c2ccc(Oc3cccnn3)cn2)c2ccnc3sc(C(N)=O)c1c23. The summed E-state index contributed by atoms with van der Waals surface area (Å²) in [6.07, 6.45) is 7.86. The first-order valence-corrected chi connectivity index (χ1v) is 13.0. The van der Waals surface area contributed by atoms with E-state index in [4.69, 9.17) is 10.5 Å². The maximum Gasteiger partial charge on any atom is 0.335 e. The number of amides is 4. The van der Waals surface area contributed by atoms with Crippen molar-refractivity contribution in [2.45, 2.75) is 31.3 Å². The highest BCUT2D eigenvalue weighted by molar-refractivity contribution is 7.21. The number of carbonyl (C=O) groups excluding carboxylic acids is 3. The highest BCUT2D eigenvalue weighted by Gasteiger charge is 2.45. The second-order valence-electron chi connectivity index (χ2n) is 8.98. The Morgan fingerprint density at radius 3 is 2.77 bits per heavy atom. The van der Waals surface area contributed by atoms with Gasteiger partial charge in [-0.25, -0.2) is 19.7 Å². The van der Waals surface area contributed by atoms with Crippen molar-refractivity contribution in [3.05, 3.63) is 66.5 Å². The zero-order chi connectivity index (χ0) is 27.1. The van der Waals surface area contributed by atoms with E-state index >= 15 is 0 Å². The summed E-state index contributed by atoms with van der Waals surface area (Å²) in [6.45, 7) is 3.54. The number of carbonyl (C=O) groups is 3. The Labute approximate surface area is 226 Å². The molecule has 6 rings (SSSR count). The third-order valence-corrected chi connectivity index (χ3v) is 7.79. The first-order chi connectivity index (χ1) is 19.0. The van der Waals surface area contributed by atoms with Gasteiger partial charge in [-0.15, -0.1) is 16.4 Å². The Hall–Kier alpha value is -4.91. The maximum absolute atomic E-state index is 14.3. The van der Waals surface area contributed by atoms with E-state index in [1.807, 2.05) is 0 Å². The van der Waals surface area contributed by atoms with Gasteiger partial charge >= 0.3 is 6.03 Å². The normalized spacial score (nSPS) is 18.3. The Morgan fingerprint density at radius 2 is 2.05 bits per heavy atom. The number of hydrogen-bond acceptors (Lipinski definition) is 9. The molecule has 1 aliphatic carbocycles. The summed E-state index contributed by atoms with van der Waals surface area (Å²) >= 11 is 1.13. The zero-order valence-corrected chi connectivity index (χ0v) is 21.3. The van der Waals surface area contributed by atoms with Crippen molar-refractivity contribution in [2.75, 3.05) is 9.80 Å². The second kappa shape index (κ2) is 9.76. The van der Waals surface area contributed by atoms with E-state index in [0.717, 1.165) is 17.8 Å². The lowest BCUT2D eigenvalue weighted by Crippen LogP contribution is -2.55. The number of nitrogens with zero attached hydrogens (tertiary/aromatic N) is 6. The fourth-order valence-corrected chi connectivity index (χ4v) is 6.11. The van der Waals surface area contributed by atoms with Gasteiger partial charge in [0.1, 0.15) is 21.3 Å². The minimum absolute atomic E-state index is 0.235. The number of urea groups is 1. The van der Waals surface area contributed by atoms with Crippen molar-refractivity contribution >= 4 is 56.6 Å². The van der Waals surface area contributed by atoms with E-state index in [9.17, 15) is 14.4 Å². The monoisotopic (exact) mass is 542 g/mol. The average molecular weight is 543 g/mol. The van der Waals surface area contributed by atoms with Gasteiger partial charge in [0, 0.05) is 18.5 Å². The summed E-state index contributed by atoms with van der Waals surface area (Å²) in [5.41, 5.74) is 6.71. The number of anilines is 3. The van der Waals surface area contributed by atoms with E-state index in [1.165, 1.54) is 23.4 Å². The summed E-state index contributed by atoms with van der Waals surface area (Å²) in [5.74, 6) is 0.0698. The molecular formula is C26H22N8O4S. The van der Waals surface area contributed by atoms with Gasteiger partial charge in [0.25, 0.3) is 5.91 Å². The molecule has 196 valence electrons. The third kappa shape index (κ3) is 4.22. The number of thiophene rings is 1. The maximum atomic E-state index is 14.3. The van der Waals surface area contributed by atoms with Gasteiger partial charge in [-0.3, -0.25) is 14.5 Å². The summed E-state index contributed by atoms with van der Waals surface area (Å²) in [5, 5.41) is 11.3. The Kier molecular flexibility index (Phi) is 6.11. The zero-order valence-electron chi connectivity index (χ0n) is 20.5. The topological polar surface area (TPSA) is 157 Å². The van der Waals surface area contributed by atoms with Crippen molar-refractivity contribution in [1.29, 1.82) is 0 Å². The summed E-state index contributed by atoms with van der Waals surface area (Å²) in [7, 11) is 0. The number of aromatic nitrogens is 4. The van der Waals surface area contributed by atoms with Gasteiger partial charge in [0.15, 0.2) is 0 Å². The Balaban J connectivity index is 1.46. The molecule has 1 fully saturated rings. The molecule has 12 nitrogen and oxygen atoms in total. The second-order valence-corrected chi connectivity index (χ2v) is 9.97. The van der Waals surface area contributed by atoms with Gasteiger partial charge in [-0.2, -0.15) is 5.10 Å². The van der Waals surface area contributed by atoms with Crippen LogP contribution in [0.15, 0.2) is 61.6 Å². The van der Waals surface area contributed by atoms with Gasteiger partial charge < -0.3 is 15.8 Å². The van der Waals surface area contributed by atoms with Crippen LogP contribution in [0.4, 0.5) is 22.0 Å². The minimum atomic E-state index is -0.654. The lowest BCUT2D eigenvalue weighted by molar-refractivity contribution is -0.117. The Morgan fingerprint density at radius 1 is 1.18 bits per heavy atom. The van der Waals surface area contributed by atoms with Crippen LogP contribution in [0.1, 0.15) is 28.9 Å². The molecule has 0 saturated heterocycles. The fraction of sp³-hybridized carbons (Fsp3) is 0.192. The molecule has 4 aromatic heterocycles. The number of pyridine rings is 2. The number of rotatable bonds is 7. The van der Waals surface area contributed by atoms with Crippen LogP contribution in [-0.4, -0.2) is 50.1 Å². The van der Waals surface area contributed by atoms with Crippen LogP contribution in [0.25, 0.3) is 10.2 Å². The van der Waals surface area contributed by atoms with Crippen molar-refractivity contribution in [1.82, 2.24) is 25.5 Å². The van der Waals surface area contributed by atoms with Gasteiger partial charge in [-0.05, 0) is 49.6 Å². The highest BCUT2D eigenvalue weighted by atomic mass is 32.1. The van der Waals surface area contributed by atoms with Crippen LogP contribution >= 0.6 is 11.3 Å². The van der Waals surface area contributed by atoms with Gasteiger partial charge in [0.2, 0.25) is 11.8 Å². The molecule has 2 aliphatic rings. The van der Waals surface area contributed by atoms with Crippen molar-refractivity contribution in [2.24, 2.45) is 5.73 Å². The van der Waals surface area contributed by atoms with Crippen LogP contribution in [-0.2, 0) is 4.79 Å². The largest absolute Gasteiger partial charge is 0.436 e. The molecule has 0 aromatic carbocycles. The quantitative estimate of drug-likeness (QED) is 0.335. The van der Waals surface area contributed by atoms with Crippen LogP contribution in [0.2, 0.25) is 0 Å². The van der Waals surface area contributed by atoms with Gasteiger partial charge in [0.05, 0.1) is 35.0 Å². The molecule has 3 N–H and O–H groups in total. The Bertz CT molecular complexity index is 1610. The molecule has 1 aliphatic heterocycles. The van der Waals surface area contributed by atoms with Gasteiger partial charge in [-0.1, -0.05) is 6.58 Å². The molecule has 0 radical (unpaired) electrons. The summed E-state index contributed by atoms with van der Waals surface area (Å²) in [6, 6.07) is 7.22. The molecule has 1 saturated carbocycles. The molecular weight excluding hydrogens is 520 g/mol. The summed E-state index contributed by atoms with van der Waals surface area (Å²) < 4.78 is 5.70. The predicted molar refractivity (Wildman–Crippen MR) is 144 cm³/mol. The van der Waals surface area contributed by atoms with E-state index in [-0.39, 0.29) is 16.8 Å². The van der Waals surface area contributed by atoms with Crippen LogP contribution in [0.3, 0.4) is 0 Å². The standard InChI is InChI=1S/C26H22N8O4S/c1-2-19(35)31-15-5-3-6-16(15)34-22-21-17(10-12-28-25(21)39-23(22)24(27)36)33(26(34)37)18-9-8-14(13-29-18)38-20-7-4-11-30-32-20/h2,4,7-13,15-16H,1,3,5-6H2,(H2,27,36)(H,31,35)/t15-,16+/m0/s1. The number of ether oxygens (including phenoxy) is 1. The van der Waals surface area contributed by atoms with E-state index in [0.29, 0.717) is 51.9 Å². The number of nitrogens with two attached hydrogens (primary N) is 1. The molecule has 0 unspecified atom stereocenters. The van der Waals surface area contributed by atoms with E-state index < -0.39 is 18.0 Å². The molecule has 13 heteroatoms. The molecule has 4 amide bonds. The predicted octanol–water partition coefficient (Wildman–Crippen LogP) is 3.67.